The second kappa shape index (κ2) is 6.94. The molecular weight excluding hydrogens is 290 g/mol. The zero-order chi connectivity index (χ0) is 15.2. The van der Waals surface area contributed by atoms with Gasteiger partial charge in [0.1, 0.15) is 0 Å². The van der Waals surface area contributed by atoms with Gasteiger partial charge in [0.15, 0.2) is 23.4 Å². The maximum Gasteiger partial charge on any atom is 0.323 e. The van der Waals surface area contributed by atoms with Crippen molar-refractivity contribution in [2.75, 3.05) is 19.2 Å². The van der Waals surface area contributed by atoms with E-state index >= 15 is 0 Å². The lowest BCUT2D eigenvalue weighted by atomic mass is 10.3. The van der Waals surface area contributed by atoms with Gasteiger partial charge < -0.3 is 14.8 Å². The molecule has 0 saturated carbocycles. The highest BCUT2D eigenvalue weighted by Crippen LogP contribution is 2.25. The van der Waals surface area contributed by atoms with E-state index in [1.54, 1.807) is 19.2 Å². The summed E-state index contributed by atoms with van der Waals surface area (Å²) in [6.45, 7) is 3.90. The number of nitrogens with one attached hydrogen (secondary N) is 2. The fourth-order valence-corrected chi connectivity index (χ4v) is 2.39. The number of amides is 2. The van der Waals surface area contributed by atoms with Crippen molar-refractivity contribution in [1.29, 1.82) is 0 Å². The van der Waals surface area contributed by atoms with Crippen LogP contribution in [-0.2, 0) is 0 Å². The average Bonchev–Trinajstić information content (AvgIpc) is 2.77. The highest BCUT2D eigenvalue weighted by Gasteiger charge is 2.08. The van der Waals surface area contributed by atoms with Gasteiger partial charge in [-0.3, -0.25) is 5.32 Å². The number of methoxy groups -OCH3 is 1. The molecule has 21 heavy (non-hydrogen) atoms. The summed E-state index contributed by atoms with van der Waals surface area (Å²) < 4.78 is 10.6. The number of carbonyl (C=O) groups excluding carboxylic acids is 1. The van der Waals surface area contributed by atoms with Crippen LogP contribution < -0.4 is 20.1 Å². The van der Waals surface area contributed by atoms with Gasteiger partial charge in [-0.2, -0.15) is 0 Å². The summed E-state index contributed by atoms with van der Waals surface area (Å²) in [6, 6.07) is 6.87. The zero-order valence-corrected chi connectivity index (χ0v) is 12.9. The maximum atomic E-state index is 11.7. The van der Waals surface area contributed by atoms with Crippen LogP contribution in [0.4, 0.5) is 9.93 Å². The Bertz CT molecular complexity index is 608. The van der Waals surface area contributed by atoms with Crippen LogP contribution in [0.15, 0.2) is 24.3 Å². The van der Waals surface area contributed by atoms with E-state index < -0.39 is 0 Å². The van der Waals surface area contributed by atoms with E-state index in [0.29, 0.717) is 16.6 Å². The van der Waals surface area contributed by atoms with Gasteiger partial charge in [0, 0.05) is 4.88 Å². The molecule has 0 atom stereocenters. The normalized spacial score (nSPS) is 10.0. The maximum absolute atomic E-state index is 11.7. The molecular formula is C14H17N3O3S. The van der Waals surface area contributed by atoms with Crippen molar-refractivity contribution in [2.45, 2.75) is 13.8 Å². The van der Waals surface area contributed by atoms with Crippen LogP contribution in [0.2, 0.25) is 0 Å². The summed E-state index contributed by atoms with van der Waals surface area (Å²) >= 11 is 1.43. The van der Waals surface area contributed by atoms with Gasteiger partial charge >= 0.3 is 6.03 Å². The number of urea groups is 1. The molecule has 1 heterocycles. The van der Waals surface area contributed by atoms with E-state index in [9.17, 15) is 4.79 Å². The second-order valence-electron chi connectivity index (χ2n) is 4.23. The highest BCUT2D eigenvalue weighted by molar-refractivity contribution is 7.15. The Morgan fingerprint density at radius 3 is 2.62 bits per heavy atom. The fraction of sp³-hybridized carbons (Fsp3) is 0.286. The molecule has 0 spiro atoms. The summed E-state index contributed by atoms with van der Waals surface area (Å²) in [5.41, 5.74) is 0.917. The van der Waals surface area contributed by atoms with Crippen molar-refractivity contribution in [3.05, 3.63) is 34.8 Å². The molecule has 0 fully saturated rings. The molecule has 0 unspecified atom stereocenters. The molecule has 2 amide bonds. The first kappa shape index (κ1) is 15.1. The molecule has 0 radical (unpaired) electrons. The Morgan fingerprint density at radius 1 is 1.29 bits per heavy atom. The van der Waals surface area contributed by atoms with Crippen molar-refractivity contribution in [3.8, 4) is 11.5 Å². The smallest absolute Gasteiger partial charge is 0.323 e. The molecule has 0 saturated heterocycles. The van der Waals surface area contributed by atoms with E-state index in [2.05, 4.69) is 15.6 Å². The number of nitrogens with zero attached hydrogens (tertiary/aromatic N) is 1. The van der Waals surface area contributed by atoms with Crippen molar-refractivity contribution in [3.63, 3.8) is 0 Å². The van der Waals surface area contributed by atoms with Crippen LogP contribution in [0, 0.1) is 13.8 Å². The third-order valence-corrected chi connectivity index (χ3v) is 3.77. The van der Waals surface area contributed by atoms with Gasteiger partial charge in [0.25, 0.3) is 0 Å². The number of aryl methyl sites for hydroxylation is 2. The van der Waals surface area contributed by atoms with Gasteiger partial charge in [0.2, 0.25) is 0 Å². The molecule has 2 N–H and O–H groups in total. The van der Waals surface area contributed by atoms with E-state index in [1.165, 1.54) is 11.3 Å². The van der Waals surface area contributed by atoms with Crippen LogP contribution in [-0.4, -0.2) is 24.9 Å². The topological polar surface area (TPSA) is 72.5 Å². The molecule has 2 rings (SSSR count). The van der Waals surface area contributed by atoms with E-state index in [4.69, 9.17) is 9.47 Å². The van der Waals surface area contributed by atoms with Gasteiger partial charge in [-0.25, -0.2) is 9.78 Å². The Hall–Kier alpha value is -2.28. The number of hydrogen-bond acceptors (Lipinski definition) is 5. The lowest BCUT2D eigenvalue weighted by Gasteiger charge is -2.11. The Kier molecular flexibility index (Phi) is 4.99. The van der Waals surface area contributed by atoms with E-state index in [0.717, 1.165) is 10.6 Å². The minimum absolute atomic E-state index is 0.0372. The molecule has 0 aliphatic carbocycles. The Morgan fingerprint density at radius 2 is 2.00 bits per heavy atom. The number of benzene rings is 1. The third-order valence-electron chi connectivity index (χ3n) is 2.78. The van der Waals surface area contributed by atoms with Crippen LogP contribution in [0.3, 0.4) is 0 Å². The number of rotatable bonds is 5. The number of hydrogen-bond donors (Lipinski definition) is 2. The molecule has 1 aromatic carbocycles. The summed E-state index contributed by atoms with van der Waals surface area (Å²) in [7, 11) is 1.56. The molecule has 1 aromatic heterocycles. The Labute approximate surface area is 127 Å². The van der Waals surface area contributed by atoms with Gasteiger partial charge in [-0.05, 0) is 26.0 Å². The predicted molar refractivity (Wildman–Crippen MR) is 82.2 cm³/mol. The van der Waals surface area contributed by atoms with Gasteiger partial charge in [-0.1, -0.05) is 12.1 Å². The molecule has 0 aliphatic heterocycles. The lowest BCUT2D eigenvalue weighted by molar-refractivity contribution is 0.231. The minimum atomic E-state index is -0.362. The molecule has 6 nitrogen and oxygen atoms in total. The summed E-state index contributed by atoms with van der Waals surface area (Å²) in [5.74, 6) is 1.19. The fourth-order valence-electron chi connectivity index (χ4n) is 1.58. The highest BCUT2D eigenvalue weighted by atomic mass is 32.1. The summed E-state index contributed by atoms with van der Waals surface area (Å²) in [4.78, 5) is 17.0. The first-order chi connectivity index (χ1) is 10.1. The summed E-state index contributed by atoms with van der Waals surface area (Å²) in [5, 5.41) is 5.83. The van der Waals surface area contributed by atoms with E-state index in [1.807, 2.05) is 26.0 Å². The van der Waals surface area contributed by atoms with Gasteiger partial charge in [0.05, 0.1) is 12.8 Å². The molecule has 0 aliphatic rings. The molecule has 0 bridgehead atoms. The third kappa shape index (κ3) is 4.09. The molecule has 7 heteroatoms. The standard InChI is InChI=1S/C14H17N3O3S/c1-9-10(2)21-14(16-9)17-13(18)15-8-20-12-7-5-4-6-11(12)19-3/h4-7H,8H2,1-3H3,(H2,15,16,17,18). The van der Waals surface area contributed by atoms with E-state index in [-0.39, 0.29) is 12.8 Å². The summed E-state index contributed by atoms with van der Waals surface area (Å²) in [6.07, 6.45) is 0. The monoisotopic (exact) mass is 307 g/mol. The number of aromatic nitrogens is 1. The van der Waals surface area contributed by atoms with Crippen LogP contribution in [0.1, 0.15) is 10.6 Å². The van der Waals surface area contributed by atoms with Crippen molar-refractivity contribution >= 4 is 22.5 Å². The first-order valence-electron chi connectivity index (χ1n) is 6.35. The largest absolute Gasteiger partial charge is 0.493 e. The predicted octanol–water partition coefficient (Wildman–Crippen LogP) is 2.93. The molecule has 2 aromatic rings. The van der Waals surface area contributed by atoms with Crippen LogP contribution >= 0.6 is 11.3 Å². The average molecular weight is 307 g/mol. The Balaban J connectivity index is 1.81. The number of para-hydroxylation sites is 2. The SMILES string of the molecule is COc1ccccc1OCNC(=O)Nc1nc(C)c(C)s1. The lowest BCUT2D eigenvalue weighted by Crippen LogP contribution is -2.32. The first-order valence-corrected chi connectivity index (χ1v) is 7.16. The van der Waals surface area contributed by atoms with Crippen LogP contribution in [0.25, 0.3) is 0 Å². The number of thiazole rings is 1. The number of carbonyl (C=O) groups is 1. The minimum Gasteiger partial charge on any atom is -0.493 e. The van der Waals surface area contributed by atoms with Crippen molar-refractivity contribution in [2.24, 2.45) is 0 Å². The van der Waals surface area contributed by atoms with Crippen molar-refractivity contribution < 1.29 is 14.3 Å². The number of anilines is 1. The van der Waals surface area contributed by atoms with Crippen molar-refractivity contribution in [1.82, 2.24) is 10.3 Å². The quantitative estimate of drug-likeness (QED) is 0.833. The zero-order valence-electron chi connectivity index (χ0n) is 12.1. The van der Waals surface area contributed by atoms with Gasteiger partial charge in [-0.15, -0.1) is 11.3 Å². The number of ether oxygens (including phenoxy) is 2. The molecule has 112 valence electrons. The van der Waals surface area contributed by atoms with Crippen LogP contribution in [0.5, 0.6) is 11.5 Å². The second-order valence-corrected chi connectivity index (χ2v) is 5.43.